The summed E-state index contributed by atoms with van der Waals surface area (Å²) in [6, 6.07) is 6.13. The molecule has 0 radical (unpaired) electrons. The Morgan fingerprint density at radius 3 is 2.58 bits per heavy atom. The highest BCUT2D eigenvalue weighted by Gasteiger charge is 2.19. The zero-order chi connectivity index (χ0) is 19.3. The third kappa shape index (κ3) is 5.15. The normalized spacial score (nSPS) is 13.2. The van der Waals surface area contributed by atoms with Gasteiger partial charge in [0.25, 0.3) is 0 Å². The molecule has 0 saturated carbocycles. The van der Waals surface area contributed by atoms with Crippen molar-refractivity contribution in [2.24, 2.45) is 5.92 Å². The first-order valence-electron chi connectivity index (χ1n) is 8.75. The Morgan fingerprint density at radius 1 is 1.19 bits per heavy atom. The monoisotopic (exact) mass is 358 g/mol. The largest absolute Gasteiger partial charge is 0.508 e. The molecular weight excluding hydrogens is 332 g/mol. The fourth-order valence-corrected chi connectivity index (χ4v) is 2.80. The highest BCUT2D eigenvalue weighted by Crippen LogP contribution is 2.36. The fraction of sp³-hybridized carbons (Fsp3) is 0.381. The van der Waals surface area contributed by atoms with E-state index in [1.807, 2.05) is 19.9 Å². The number of phenols is 2. The second kappa shape index (κ2) is 8.61. The smallest absolute Gasteiger partial charge is 0.306 e. The SMILES string of the molecule is CC(C)=CC[C@@H](CC[C@@H](C)C(=O)O)c1coc(-c2cc(O)ccc2O)c1. The van der Waals surface area contributed by atoms with Crippen molar-refractivity contribution in [1.82, 2.24) is 0 Å². The molecule has 26 heavy (non-hydrogen) atoms. The van der Waals surface area contributed by atoms with E-state index in [1.54, 1.807) is 13.2 Å². The summed E-state index contributed by atoms with van der Waals surface area (Å²) in [6.07, 6.45) is 5.87. The van der Waals surface area contributed by atoms with Gasteiger partial charge in [-0.15, -0.1) is 0 Å². The van der Waals surface area contributed by atoms with Crippen LogP contribution in [0.1, 0.15) is 51.5 Å². The van der Waals surface area contributed by atoms with E-state index in [1.165, 1.54) is 23.8 Å². The van der Waals surface area contributed by atoms with Crippen LogP contribution in [0.15, 0.2) is 46.6 Å². The number of carbonyl (C=O) groups is 1. The minimum absolute atomic E-state index is 0.0315. The average Bonchev–Trinajstić information content (AvgIpc) is 3.06. The van der Waals surface area contributed by atoms with Gasteiger partial charge in [0.1, 0.15) is 17.3 Å². The average molecular weight is 358 g/mol. The van der Waals surface area contributed by atoms with E-state index >= 15 is 0 Å². The minimum Gasteiger partial charge on any atom is -0.508 e. The Balaban J connectivity index is 2.24. The van der Waals surface area contributed by atoms with Gasteiger partial charge < -0.3 is 19.7 Å². The maximum absolute atomic E-state index is 11.1. The highest BCUT2D eigenvalue weighted by molar-refractivity contribution is 5.69. The Hall–Kier alpha value is -2.69. The maximum Gasteiger partial charge on any atom is 0.306 e. The number of benzene rings is 1. The molecule has 1 heterocycles. The summed E-state index contributed by atoms with van der Waals surface area (Å²) in [6.45, 7) is 5.77. The summed E-state index contributed by atoms with van der Waals surface area (Å²) < 4.78 is 5.62. The van der Waals surface area contributed by atoms with Crippen molar-refractivity contribution in [1.29, 1.82) is 0 Å². The van der Waals surface area contributed by atoms with Gasteiger partial charge in [0.05, 0.1) is 17.7 Å². The molecule has 0 aliphatic heterocycles. The van der Waals surface area contributed by atoms with Gasteiger partial charge in [0.15, 0.2) is 0 Å². The number of hydrogen-bond donors (Lipinski definition) is 3. The Bertz CT molecular complexity index is 783. The molecule has 5 heteroatoms. The third-order valence-electron chi connectivity index (χ3n) is 4.52. The molecule has 0 aliphatic rings. The third-order valence-corrected chi connectivity index (χ3v) is 4.52. The summed E-state index contributed by atoms with van der Waals surface area (Å²) >= 11 is 0. The molecular formula is C21H26O5. The predicted molar refractivity (Wildman–Crippen MR) is 100 cm³/mol. The Morgan fingerprint density at radius 2 is 1.92 bits per heavy atom. The Labute approximate surface area is 153 Å². The maximum atomic E-state index is 11.1. The summed E-state index contributed by atoms with van der Waals surface area (Å²) in [4.78, 5) is 11.1. The topological polar surface area (TPSA) is 90.9 Å². The number of phenolic OH excluding ortho intramolecular Hbond substituents is 2. The van der Waals surface area contributed by atoms with Gasteiger partial charge in [-0.25, -0.2) is 0 Å². The van der Waals surface area contributed by atoms with Gasteiger partial charge in [-0.2, -0.15) is 0 Å². The molecule has 1 aromatic carbocycles. The quantitative estimate of drug-likeness (QED) is 0.440. The van der Waals surface area contributed by atoms with Crippen molar-refractivity contribution in [2.75, 3.05) is 0 Å². The first-order chi connectivity index (χ1) is 12.3. The van der Waals surface area contributed by atoms with Crippen molar-refractivity contribution in [3.63, 3.8) is 0 Å². The molecule has 1 aromatic heterocycles. The van der Waals surface area contributed by atoms with Crippen LogP contribution >= 0.6 is 0 Å². The predicted octanol–water partition coefficient (Wildman–Crippen LogP) is 5.30. The van der Waals surface area contributed by atoms with Gasteiger partial charge in [0, 0.05) is 0 Å². The van der Waals surface area contributed by atoms with Gasteiger partial charge in [-0.1, -0.05) is 18.6 Å². The first kappa shape index (κ1) is 19.6. The van der Waals surface area contributed by atoms with E-state index in [2.05, 4.69) is 6.08 Å². The Kier molecular flexibility index (Phi) is 6.50. The van der Waals surface area contributed by atoms with Gasteiger partial charge in [-0.3, -0.25) is 4.79 Å². The summed E-state index contributed by atoms with van der Waals surface area (Å²) in [7, 11) is 0. The summed E-state index contributed by atoms with van der Waals surface area (Å²) in [5.74, 6) is -0.504. The second-order valence-electron chi connectivity index (χ2n) is 6.98. The number of hydrogen-bond acceptors (Lipinski definition) is 4. The zero-order valence-corrected chi connectivity index (χ0v) is 15.4. The number of aliphatic carboxylic acids is 1. The molecule has 0 unspecified atom stereocenters. The molecule has 140 valence electrons. The lowest BCUT2D eigenvalue weighted by molar-refractivity contribution is -0.141. The van der Waals surface area contributed by atoms with Crippen LogP contribution in [0, 0.1) is 5.92 Å². The lowest BCUT2D eigenvalue weighted by Gasteiger charge is -2.15. The van der Waals surface area contributed by atoms with Crippen LogP contribution in [0.4, 0.5) is 0 Å². The van der Waals surface area contributed by atoms with Crippen molar-refractivity contribution in [3.8, 4) is 22.8 Å². The van der Waals surface area contributed by atoms with Crippen LogP contribution in [-0.2, 0) is 4.79 Å². The number of allylic oxidation sites excluding steroid dienone is 2. The second-order valence-corrected chi connectivity index (χ2v) is 6.98. The number of rotatable bonds is 8. The molecule has 0 saturated heterocycles. The van der Waals surface area contributed by atoms with E-state index in [4.69, 9.17) is 9.52 Å². The standard InChI is InChI=1S/C21H26O5/c1-13(2)4-6-15(7-5-14(3)21(24)25)16-10-20(26-12-16)18-11-17(22)8-9-19(18)23/h4,8-12,14-15,22-23H,5-7H2,1-3H3,(H,24,25)/t14-,15+/m1/s1. The van der Waals surface area contributed by atoms with Gasteiger partial charge in [-0.05, 0) is 68.9 Å². The molecule has 2 atom stereocenters. The number of carboxylic acid groups (broad SMARTS) is 1. The molecule has 0 fully saturated rings. The van der Waals surface area contributed by atoms with Crippen LogP contribution in [0.2, 0.25) is 0 Å². The summed E-state index contributed by atoms with van der Waals surface area (Å²) in [5, 5.41) is 28.8. The van der Waals surface area contributed by atoms with Crippen LogP contribution < -0.4 is 0 Å². The highest BCUT2D eigenvalue weighted by atomic mass is 16.4. The van der Waals surface area contributed by atoms with E-state index < -0.39 is 11.9 Å². The molecule has 0 bridgehead atoms. The van der Waals surface area contributed by atoms with Crippen molar-refractivity contribution in [2.45, 2.75) is 46.0 Å². The number of furan rings is 1. The number of aromatic hydroxyl groups is 2. The lowest BCUT2D eigenvalue weighted by Crippen LogP contribution is -2.11. The lowest BCUT2D eigenvalue weighted by atomic mass is 9.89. The molecule has 2 aromatic rings. The van der Waals surface area contributed by atoms with Gasteiger partial charge in [0.2, 0.25) is 0 Å². The van der Waals surface area contributed by atoms with E-state index in [0.717, 1.165) is 18.4 Å². The van der Waals surface area contributed by atoms with Crippen LogP contribution in [0.5, 0.6) is 11.5 Å². The number of carboxylic acids is 1. The van der Waals surface area contributed by atoms with Crippen LogP contribution in [-0.4, -0.2) is 21.3 Å². The molecule has 0 amide bonds. The van der Waals surface area contributed by atoms with E-state index in [0.29, 0.717) is 17.7 Å². The molecule has 0 aliphatic carbocycles. The molecule has 2 rings (SSSR count). The molecule has 0 spiro atoms. The molecule has 3 N–H and O–H groups in total. The van der Waals surface area contributed by atoms with E-state index in [-0.39, 0.29) is 17.4 Å². The van der Waals surface area contributed by atoms with Crippen molar-refractivity contribution < 1.29 is 24.5 Å². The van der Waals surface area contributed by atoms with E-state index in [9.17, 15) is 15.0 Å². The van der Waals surface area contributed by atoms with Crippen LogP contribution in [0.25, 0.3) is 11.3 Å². The molecule has 5 nitrogen and oxygen atoms in total. The fourth-order valence-electron chi connectivity index (χ4n) is 2.80. The van der Waals surface area contributed by atoms with Crippen molar-refractivity contribution in [3.05, 3.63) is 47.7 Å². The first-order valence-corrected chi connectivity index (χ1v) is 8.75. The van der Waals surface area contributed by atoms with Crippen LogP contribution in [0.3, 0.4) is 0 Å². The van der Waals surface area contributed by atoms with Gasteiger partial charge >= 0.3 is 5.97 Å². The minimum atomic E-state index is -0.788. The van der Waals surface area contributed by atoms with Crippen molar-refractivity contribution >= 4 is 5.97 Å². The summed E-state index contributed by atoms with van der Waals surface area (Å²) in [5.41, 5.74) is 2.59. The zero-order valence-electron chi connectivity index (χ0n) is 15.4.